The zero-order chi connectivity index (χ0) is 50.0. The molecule has 4 aromatic heterocycles. The lowest BCUT2D eigenvalue weighted by Crippen LogP contribution is -2.57. The van der Waals surface area contributed by atoms with Crippen molar-refractivity contribution in [1.29, 1.82) is 0 Å². The highest BCUT2D eigenvalue weighted by Gasteiger charge is 2.47. The smallest absolute Gasteiger partial charge is 0.333 e. The zero-order valence-corrected chi connectivity index (χ0v) is 41.6. The fourth-order valence-electron chi connectivity index (χ4n) is 14.1. The lowest BCUT2D eigenvalue weighted by molar-refractivity contribution is 0.670. The van der Waals surface area contributed by atoms with E-state index in [4.69, 9.17) is 4.42 Å². The van der Waals surface area contributed by atoms with Crippen LogP contribution in [0.1, 0.15) is 0 Å². The number of furan rings is 1. The molecule has 0 radical (unpaired) electrons. The van der Waals surface area contributed by atoms with Gasteiger partial charge in [0.15, 0.2) is 0 Å². The molecule has 16 aromatic rings. The SMILES string of the molecule is c1ccc(-c2ccc3c(c2)c2cc(-c4ccccc4)cc4c2n3B2c3c(cc5c(oc6ccccc65)c3-4)N(c3c(-c4ccccc4)cccc3-c3ccccc3)c3cc4c5ccccc5n5c6ccccc6c(c32)c45)cc1. The summed E-state index contributed by atoms with van der Waals surface area (Å²) < 4.78 is 12.7. The third-order valence-electron chi connectivity index (χ3n) is 17.2. The molecule has 354 valence electrons. The van der Waals surface area contributed by atoms with Crippen LogP contribution in [0.3, 0.4) is 0 Å². The summed E-state index contributed by atoms with van der Waals surface area (Å²) in [4.78, 5) is 2.68. The van der Waals surface area contributed by atoms with Gasteiger partial charge in [0.2, 0.25) is 0 Å². The molecule has 0 spiro atoms. The Labute approximate surface area is 443 Å². The van der Waals surface area contributed by atoms with Gasteiger partial charge >= 0.3 is 6.85 Å². The second-order valence-corrected chi connectivity index (χ2v) is 21.0. The maximum absolute atomic E-state index is 7.38. The number of benzene rings is 12. The second kappa shape index (κ2) is 15.3. The van der Waals surface area contributed by atoms with E-state index in [9.17, 15) is 0 Å². The second-order valence-electron chi connectivity index (χ2n) is 21.0. The molecule has 0 atom stereocenters. The van der Waals surface area contributed by atoms with Crippen LogP contribution in [0.25, 0.3) is 137 Å². The molecule has 2 aliphatic rings. The molecule has 2 aliphatic heterocycles. The maximum atomic E-state index is 7.38. The molecule has 4 nitrogen and oxygen atoms in total. The number of nitrogens with zero attached hydrogens (tertiary/aromatic N) is 3. The molecule has 0 bridgehead atoms. The number of fused-ring (bicyclic) bond motifs is 18. The summed E-state index contributed by atoms with van der Waals surface area (Å²) >= 11 is 0. The topological polar surface area (TPSA) is 25.7 Å². The van der Waals surface area contributed by atoms with Gasteiger partial charge in [0.1, 0.15) is 11.2 Å². The third kappa shape index (κ3) is 5.47. The van der Waals surface area contributed by atoms with Crippen molar-refractivity contribution in [2.24, 2.45) is 0 Å². The number of hydrogen-bond acceptors (Lipinski definition) is 2. The minimum Gasteiger partial charge on any atom is -0.455 e. The van der Waals surface area contributed by atoms with E-state index in [2.05, 4.69) is 269 Å². The van der Waals surface area contributed by atoms with Gasteiger partial charge < -0.3 is 18.2 Å². The highest BCUT2D eigenvalue weighted by Crippen LogP contribution is 2.55. The van der Waals surface area contributed by atoms with Crippen molar-refractivity contribution in [3.05, 3.63) is 255 Å². The van der Waals surface area contributed by atoms with Crippen LogP contribution >= 0.6 is 0 Å². The molecule has 12 aromatic carbocycles. The molecular weight excluding hydrogens is 934 g/mol. The van der Waals surface area contributed by atoms with Crippen molar-refractivity contribution in [1.82, 2.24) is 8.88 Å². The molecule has 0 unspecified atom stereocenters. The number of rotatable bonds is 5. The summed E-state index contributed by atoms with van der Waals surface area (Å²) in [7, 11) is 0. The fraction of sp³-hybridized carbons (Fsp3) is 0. The first-order valence-corrected chi connectivity index (χ1v) is 26.7. The van der Waals surface area contributed by atoms with Crippen LogP contribution in [-0.2, 0) is 0 Å². The van der Waals surface area contributed by atoms with Crippen LogP contribution in [0.4, 0.5) is 17.1 Å². The predicted octanol–water partition coefficient (Wildman–Crippen LogP) is 17.9. The van der Waals surface area contributed by atoms with Gasteiger partial charge in [0, 0.05) is 87.8 Å². The normalized spacial score (nSPS) is 12.9. The Bertz CT molecular complexity index is 5090. The van der Waals surface area contributed by atoms with Gasteiger partial charge in [-0.2, -0.15) is 0 Å². The van der Waals surface area contributed by atoms with Gasteiger partial charge in [-0.3, -0.25) is 0 Å². The van der Waals surface area contributed by atoms with Gasteiger partial charge in [0.25, 0.3) is 0 Å². The summed E-state index contributed by atoms with van der Waals surface area (Å²) in [5.41, 5.74) is 25.5. The average Bonchev–Trinajstić information content (AvgIpc) is 3.84. The first kappa shape index (κ1) is 41.3. The van der Waals surface area contributed by atoms with E-state index in [0.717, 1.165) is 61.1 Å². The van der Waals surface area contributed by atoms with Crippen molar-refractivity contribution >= 4 is 117 Å². The van der Waals surface area contributed by atoms with Gasteiger partial charge in [-0.15, -0.1) is 0 Å². The molecule has 0 aliphatic carbocycles. The van der Waals surface area contributed by atoms with E-state index < -0.39 is 0 Å². The van der Waals surface area contributed by atoms with E-state index in [1.807, 2.05) is 0 Å². The molecule has 0 amide bonds. The lowest BCUT2D eigenvalue weighted by atomic mass is 9.44. The molecule has 18 rings (SSSR count). The summed E-state index contributed by atoms with van der Waals surface area (Å²) in [5.74, 6) is 0. The third-order valence-corrected chi connectivity index (χ3v) is 17.2. The number of hydrogen-bond donors (Lipinski definition) is 0. The minimum atomic E-state index is -0.275. The molecule has 0 fully saturated rings. The highest BCUT2D eigenvalue weighted by atomic mass is 16.3. The van der Waals surface area contributed by atoms with E-state index in [1.165, 1.54) is 104 Å². The average molecular weight is 976 g/mol. The predicted molar refractivity (Wildman–Crippen MR) is 324 cm³/mol. The van der Waals surface area contributed by atoms with Crippen molar-refractivity contribution in [2.45, 2.75) is 0 Å². The van der Waals surface area contributed by atoms with Crippen LogP contribution in [0.5, 0.6) is 0 Å². The van der Waals surface area contributed by atoms with Crippen LogP contribution < -0.4 is 15.8 Å². The Morgan fingerprint density at radius 1 is 0.325 bits per heavy atom. The molecule has 0 N–H and O–H groups in total. The van der Waals surface area contributed by atoms with E-state index in [-0.39, 0.29) is 6.85 Å². The standard InChI is InChI=1S/C72H42BN3O/c1-5-20-43(21-6-1)47-36-37-61-54(38-47)55-39-48(44-22-7-2-8-23-44)40-58-66-68-63(42-57-52-29-15-18-35-64(52)77-72(57)66)75(69-49(45-24-9-3-10-25-45)31-19-32-50(69)46-26-11-4-12-27-46)62-41-56-51-28-13-16-33-59(51)74-60-34-17-14-30-53(60)65(71(56)74)67(62)73(68)76(61)70(55)58/h1-42H. The van der Waals surface area contributed by atoms with E-state index in [1.54, 1.807) is 0 Å². The summed E-state index contributed by atoms with van der Waals surface area (Å²) in [5, 5.41) is 9.66. The van der Waals surface area contributed by atoms with Gasteiger partial charge in [-0.1, -0.05) is 200 Å². The molecule has 0 saturated heterocycles. The first-order chi connectivity index (χ1) is 38.2. The van der Waals surface area contributed by atoms with Crippen LogP contribution in [0.2, 0.25) is 0 Å². The van der Waals surface area contributed by atoms with Gasteiger partial charge in [-0.25, -0.2) is 0 Å². The quantitative estimate of drug-likeness (QED) is 0.161. The van der Waals surface area contributed by atoms with Crippen LogP contribution in [0.15, 0.2) is 259 Å². The fourth-order valence-corrected chi connectivity index (χ4v) is 14.1. The Balaban J connectivity index is 1.11. The number of para-hydroxylation sites is 4. The Morgan fingerprint density at radius 2 is 0.870 bits per heavy atom. The molecular formula is C72H42BN3O. The Kier molecular flexibility index (Phi) is 8.18. The van der Waals surface area contributed by atoms with E-state index in [0.29, 0.717) is 0 Å². The molecule has 5 heteroatoms. The van der Waals surface area contributed by atoms with Crippen molar-refractivity contribution < 1.29 is 4.42 Å². The maximum Gasteiger partial charge on any atom is 0.333 e. The largest absolute Gasteiger partial charge is 0.455 e. The van der Waals surface area contributed by atoms with Gasteiger partial charge in [-0.05, 0) is 98.9 Å². The summed E-state index contributed by atoms with van der Waals surface area (Å²) in [6.45, 7) is -0.275. The van der Waals surface area contributed by atoms with Crippen LogP contribution in [0, 0.1) is 0 Å². The number of anilines is 3. The lowest BCUT2D eigenvalue weighted by Gasteiger charge is -2.42. The minimum absolute atomic E-state index is 0.275. The Hall–Kier alpha value is -10.1. The van der Waals surface area contributed by atoms with Crippen molar-refractivity contribution in [3.63, 3.8) is 0 Å². The molecule has 6 heterocycles. The van der Waals surface area contributed by atoms with E-state index >= 15 is 0 Å². The Morgan fingerprint density at radius 3 is 1.57 bits per heavy atom. The number of aromatic nitrogens is 2. The first-order valence-electron chi connectivity index (χ1n) is 26.7. The van der Waals surface area contributed by atoms with Crippen molar-refractivity contribution in [3.8, 4) is 55.6 Å². The van der Waals surface area contributed by atoms with Gasteiger partial charge in [0.05, 0.1) is 22.2 Å². The summed E-state index contributed by atoms with van der Waals surface area (Å²) in [6, 6.07) is 94.6. The van der Waals surface area contributed by atoms with Crippen molar-refractivity contribution in [2.75, 3.05) is 4.90 Å². The molecule has 77 heavy (non-hydrogen) atoms. The highest BCUT2D eigenvalue weighted by molar-refractivity contribution is 6.92. The zero-order valence-electron chi connectivity index (χ0n) is 41.6. The molecule has 0 saturated carbocycles. The monoisotopic (exact) mass is 975 g/mol. The summed E-state index contributed by atoms with van der Waals surface area (Å²) in [6.07, 6.45) is 0. The van der Waals surface area contributed by atoms with Crippen LogP contribution in [-0.4, -0.2) is 15.7 Å².